The summed E-state index contributed by atoms with van der Waals surface area (Å²) in [5.74, 6) is 0.833. The highest BCUT2D eigenvalue weighted by molar-refractivity contribution is 6.30. The number of pyridine rings is 1. The molecule has 1 aliphatic carbocycles. The molecule has 5 heteroatoms. The molecule has 2 aromatic rings. The van der Waals surface area contributed by atoms with Crippen LogP contribution in [0.5, 0.6) is 0 Å². The van der Waals surface area contributed by atoms with E-state index in [1.165, 1.54) is 18.4 Å². The van der Waals surface area contributed by atoms with E-state index in [1.54, 1.807) is 0 Å². The van der Waals surface area contributed by atoms with Crippen LogP contribution in [0.4, 0.5) is 0 Å². The largest absolute Gasteiger partial charge is 0.357 e. The van der Waals surface area contributed by atoms with Gasteiger partial charge in [0.2, 0.25) is 0 Å². The summed E-state index contributed by atoms with van der Waals surface area (Å²) in [6.45, 7) is 6.34. The third kappa shape index (κ3) is 4.73. The lowest BCUT2D eigenvalue weighted by atomic mass is 9.96. The Balaban J connectivity index is 1.65. The van der Waals surface area contributed by atoms with Gasteiger partial charge in [-0.25, -0.2) is 4.99 Å². The second-order valence-corrected chi connectivity index (χ2v) is 7.05. The zero-order chi connectivity index (χ0) is 17.7. The van der Waals surface area contributed by atoms with E-state index in [2.05, 4.69) is 39.7 Å². The summed E-state index contributed by atoms with van der Waals surface area (Å²) in [6.07, 6.45) is 2.36. The van der Waals surface area contributed by atoms with Gasteiger partial charge in [0.15, 0.2) is 5.96 Å². The Morgan fingerprint density at radius 2 is 2.00 bits per heavy atom. The molecule has 0 atom stereocenters. The van der Waals surface area contributed by atoms with E-state index < -0.39 is 0 Å². The fourth-order valence-corrected chi connectivity index (χ4v) is 3.17. The van der Waals surface area contributed by atoms with Crippen LogP contribution in [-0.2, 0) is 12.0 Å². The normalized spacial score (nSPS) is 15.7. The fraction of sp³-hybridized carbons (Fsp3) is 0.400. The molecule has 0 amide bonds. The van der Waals surface area contributed by atoms with Gasteiger partial charge in [0, 0.05) is 29.2 Å². The van der Waals surface area contributed by atoms with E-state index >= 15 is 0 Å². The molecule has 1 saturated carbocycles. The van der Waals surface area contributed by atoms with Crippen molar-refractivity contribution in [1.29, 1.82) is 0 Å². The summed E-state index contributed by atoms with van der Waals surface area (Å²) >= 11 is 6.16. The van der Waals surface area contributed by atoms with Crippen LogP contribution in [0.3, 0.4) is 0 Å². The van der Waals surface area contributed by atoms with Crippen LogP contribution in [0.2, 0.25) is 5.02 Å². The Kier molecular flexibility index (Phi) is 5.59. The van der Waals surface area contributed by atoms with Gasteiger partial charge in [-0.2, -0.15) is 0 Å². The summed E-state index contributed by atoms with van der Waals surface area (Å²) in [5.41, 5.74) is 3.49. The third-order valence-electron chi connectivity index (χ3n) is 4.57. The van der Waals surface area contributed by atoms with Gasteiger partial charge in [0.25, 0.3) is 0 Å². The first-order valence-corrected chi connectivity index (χ1v) is 9.20. The van der Waals surface area contributed by atoms with E-state index in [1.807, 2.05) is 37.3 Å². The first kappa shape index (κ1) is 17.7. The zero-order valence-corrected chi connectivity index (χ0v) is 15.6. The van der Waals surface area contributed by atoms with Crippen LogP contribution in [-0.4, -0.2) is 24.0 Å². The molecule has 0 unspecified atom stereocenters. The van der Waals surface area contributed by atoms with Crippen LogP contribution in [0.25, 0.3) is 0 Å². The maximum absolute atomic E-state index is 6.16. The molecule has 2 N–H and O–H groups in total. The summed E-state index contributed by atoms with van der Waals surface area (Å²) < 4.78 is 0. The molecule has 25 heavy (non-hydrogen) atoms. The van der Waals surface area contributed by atoms with E-state index in [9.17, 15) is 0 Å². The van der Waals surface area contributed by atoms with Crippen molar-refractivity contribution in [2.75, 3.05) is 13.1 Å². The Hall–Kier alpha value is -2.07. The lowest BCUT2D eigenvalue weighted by molar-refractivity contribution is 0.645. The quantitative estimate of drug-likeness (QED) is 0.611. The number of nitrogens with one attached hydrogen (secondary N) is 2. The molecule has 1 aromatic heterocycles. The van der Waals surface area contributed by atoms with Gasteiger partial charge in [-0.3, -0.25) is 4.98 Å². The summed E-state index contributed by atoms with van der Waals surface area (Å²) in [7, 11) is 0. The highest BCUT2D eigenvalue weighted by atomic mass is 35.5. The molecule has 3 rings (SSSR count). The molecule has 1 aliphatic rings. The summed E-state index contributed by atoms with van der Waals surface area (Å²) in [4.78, 5) is 9.18. The number of aryl methyl sites for hydroxylation is 1. The molecule has 1 heterocycles. The summed E-state index contributed by atoms with van der Waals surface area (Å²) in [5, 5.41) is 7.61. The lowest BCUT2D eigenvalue weighted by Crippen LogP contribution is -2.41. The average molecular weight is 357 g/mol. The van der Waals surface area contributed by atoms with Crippen molar-refractivity contribution in [3.8, 4) is 0 Å². The molecule has 0 saturated heterocycles. The van der Waals surface area contributed by atoms with Crippen molar-refractivity contribution >= 4 is 17.6 Å². The maximum Gasteiger partial charge on any atom is 0.191 e. The molecular formula is C20H25ClN4. The molecule has 1 aromatic carbocycles. The van der Waals surface area contributed by atoms with E-state index in [4.69, 9.17) is 11.6 Å². The second-order valence-electron chi connectivity index (χ2n) is 6.61. The Labute approximate surface area is 154 Å². The number of halogens is 1. The van der Waals surface area contributed by atoms with Crippen molar-refractivity contribution in [1.82, 2.24) is 15.6 Å². The van der Waals surface area contributed by atoms with Crippen LogP contribution in [0.1, 0.15) is 36.7 Å². The number of aliphatic imine (C=N–C) groups is 1. The Morgan fingerprint density at radius 3 is 2.68 bits per heavy atom. The number of guanidine groups is 1. The molecule has 0 spiro atoms. The predicted octanol–water partition coefficient (Wildman–Crippen LogP) is 3.83. The van der Waals surface area contributed by atoms with Crippen LogP contribution in [0, 0.1) is 6.92 Å². The molecule has 0 aliphatic heterocycles. The SMILES string of the molecule is CCNC(=NCc1cccc(C)n1)NCC1(c2cccc(Cl)c2)CC1. The van der Waals surface area contributed by atoms with Crippen molar-refractivity contribution in [3.05, 3.63) is 64.4 Å². The standard InChI is InChI=1S/C20H25ClN4/c1-3-22-19(23-13-18-9-4-6-15(2)25-18)24-14-20(10-11-20)16-7-5-8-17(21)12-16/h4-9,12H,3,10-11,13-14H2,1-2H3,(H2,22,23,24). The van der Waals surface area contributed by atoms with Gasteiger partial charge in [0.1, 0.15) is 0 Å². The molecule has 4 nitrogen and oxygen atoms in total. The highest BCUT2D eigenvalue weighted by Gasteiger charge is 2.44. The van der Waals surface area contributed by atoms with Crippen molar-refractivity contribution in [3.63, 3.8) is 0 Å². The number of benzene rings is 1. The monoisotopic (exact) mass is 356 g/mol. The van der Waals surface area contributed by atoms with E-state index in [-0.39, 0.29) is 5.41 Å². The van der Waals surface area contributed by atoms with E-state index in [0.29, 0.717) is 6.54 Å². The minimum atomic E-state index is 0.183. The first-order valence-electron chi connectivity index (χ1n) is 8.82. The molecular weight excluding hydrogens is 332 g/mol. The van der Waals surface area contributed by atoms with Gasteiger partial charge in [0.05, 0.1) is 12.2 Å². The highest BCUT2D eigenvalue weighted by Crippen LogP contribution is 2.48. The number of aromatic nitrogens is 1. The number of nitrogens with zero attached hydrogens (tertiary/aromatic N) is 2. The number of rotatable bonds is 6. The molecule has 0 radical (unpaired) electrons. The minimum Gasteiger partial charge on any atom is -0.357 e. The van der Waals surface area contributed by atoms with Crippen molar-refractivity contribution in [2.45, 2.75) is 38.6 Å². The van der Waals surface area contributed by atoms with Gasteiger partial charge in [-0.15, -0.1) is 0 Å². The summed E-state index contributed by atoms with van der Waals surface area (Å²) in [6, 6.07) is 14.2. The predicted molar refractivity (Wildman–Crippen MR) is 104 cm³/mol. The maximum atomic E-state index is 6.16. The van der Waals surface area contributed by atoms with Gasteiger partial charge in [-0.1, -0.05) is 29.8 Å². The van der Waals surface area contributed by atoms with Gasteiger partial charge in [-0.05, 0) is 56.5 Å². The lowest BCUT2D eigenvalue weighted by Gasteiger charge is -2.19. The zero-order valence-electron chi connectivity index (χ0n) is 14.8. The number of hydrogen-bond donors (Lipinski definition) is 2. The first-order chi connectivity index (χ1) is 12.1. The Bertz CT molecular complexity index is 753. The molecule has 132 valence electrons. The van der Waals surface area contributed by atoms with Crippen molar-refractivity contribution < 1.29 is 0 Å². The van der Waals surface area contributed by atoms with Gasteiger partial charge >= 0.3 is 0 Å². The molecule has 0 bridgehead atoms. The van der Waals surface area contributed by atoms with Crippen molar-refractivity contribution in [2.24, 2.45) is 4.99 Å². The van der Waals surface area contributed by atoms with E-state index in [0.717, 1.165) is 35.5 Å². The second kappa shape index (κ2) is 7.87. The van der Waals surface area contributed by atoms with Crippen LogP contribution >= 0.6 is 11.6 Å². The average Bonchev–Trinajstić information content (AvgIpc) is 3.39. The van der Waals surface area contributed by atoms with Crippen LogP contribution < -0.4 is 10.6 Å². The third-order valence-corrected chi connectivity index (χ3v) is 4.81. The van der Waals surface area contributed by atoms with Gasteiger partial charge < -0.3 is 10.6 Å². The topological polar surface area (TPSA) is 49.3 Å². The fourth-order valence-electron chi connectivity index (χ4n) is 2.98. The number of hydrogen-bond acceptors (Lipinski definition) is 2. The molecule has 1 fully saturated rings. The van der Waals surface area contributed by atoms with Crippen LogP contribution in [0.15, 0.2) is 47.5 Å². The smallest absolute Gasteiger partial charge is 0.191 e. The Morgan fingerprint density at radius 1 is 1.20 bits per heavy atom. The minimum absolute atomic E-state index is 0.183.